The van der Waals surface area contributed by atoms with Gasteiger partial charge in [-0.2, -0.15) is 0 Å². The Labute approximate surface area is 338 Å². The summed E-state index contributed by atoms with van der Waals surface area (Å²) in [6.45, 7) is 0.605. The largest absolute Gasteiger partial charge is 0.389 e. The molecule has 0 aromatic rings. The summed E-state index contributed by atoms with van der Waals surface area (Å²) in [5.41, 5.74) is 48.5. The molecule has 24 nitrogen and oxygen atoms in total. The molecule has 22 atom stereocenters. The number of hydrogen-bond donors (Lipinski definition) is 16. The quantitative estimate of drug-likeness (QED) is 0.0574. The molecular weight excluding hydrogens is 772 g/mol. The molecule has 0 radical (unpaired) electrons. The molecule has 0 aromatic heterocycles. The number of aliphatic hydroxyl groups excluding tert-OH is 8. The van der Waals surface area contributed by atoms with E-state index in [1.54, 1.807) is 14.1 Å². The highest BCUT2D eigenvalue weighted by Crippen LogP contribution is 2.30. The standard InChI is InChI=1S/C34H72N10O14/c1-43(9-13(45)11-53-31-23(47)15(37)5-17(39)29(31)57-33-21(41)27(51)25(49)19(7-35)55-33)3-4-44(2)10-14(46)12-54-32-24(48)16(38)6-18(40)30(32)58-34-22(42)28(52)26(50)20(8-36)56-34/h13-34,45-52H,3-12,35-42H2,1-2H3/t13-,14-,15?,16?,17?,18?,19?,20?,21?,22?,23?,24?,25?,26?,27?,28?,29?,30?,31?,32?,33?,34?/m0/s1. The maximum absolute atomic E-state index is 10.9. The minimum absolute atomic E-state index is 0.113. The van der Waals surface area contributed by atoms with Crippen LogP contribution in [0.5, 0.6) is 0 Å². The second-order valence-electron chi connectivity index (χ2n) is 16.4. The van der Waals surface area contributed by atoms with Gasteiger partial charge >= 0.3 is 0 Å². The monoisotopic (exact) mass is 845 g/mol. The first-order valence-electron chi connectivity index (χ1n) is 19.9. The van der Waals surface area contributed by atoms with E-state index in [4.69, 9.17) is 74.3 Å². The van der Waals surface area contributed by atoms with Crippen LogP contribution in [0, 0.1) is 0 Å². The Morgan fingerprint density at radius 1 is 0.534 bits per heavy atom. The van der Waals surface area contributed by atoms with Gasteiger partial charge in [-0.25, -0.2) is 0 Å². The lowest BCUT2D eigenvalue weighted by molar-refractivity contribution is -0.292. The van der Waals surface area contributed by atoms with Crippen LogP contribution in [0.2, 0.25) is 0 Å². The molecule has 24 heteroatoms. The third-order valence-electron chi connectivity index (χ3n) is 11.5. The van der Waals surface area contributed by atoms with Gasteiger partial charge in [0.25, 0.3) is 0 Å². The van der Waals surface area contributed by atoms with E-state index >= 15 is 0 Å². The van der Waals surface area contributed by atoms with Crippen LogP contribution in [0.25, 0.3) is 0 Å². The van der Waals surface area contributed by atoms with Crippen molar-refractivity contribution in [1.29, 1.82) is 0 Å². The van der Waals surface area contributed by atoms with Crippen LogP contribution in [-0.4, -0.2) is 252 Å². The molecule has 342 valence electrons. The number of nitrogens with two attached hydrogens (primary N) is 8. The molecule has 0 aromatic carbocycles. The molecule has 20 unspecified atom stereocenters. The Morgan fingerprint density at radius 2 is 0.879 bits per heavy atom. The predicted octanol–water partition coefficient (Wildman–Crippen LogP) is -10.6. The van der Waals surface area contributed by atoms with Gasteiger partial charge in [0.15, 0.2) is 12.6 Å². The molecule has 2 aliphatic carbocycles. The summed E-state index contributed by atoms with van der Waals surface area (Å²) in [7, 11) is 3.57. The maximum Gasteiger partial charge on any atom is 0.176 e. The van der Waals surface area contributed by atoms with Crippen LogP contribution < -0.4 is 45.9 Å². The Kier molecular flexibility index (Phi) is 19.2. The van der Waals surface area contributed by atoms with Crippen LogP contribution in [0.3, 0.4) is 0 Å². The third-order valence-corrected chi connectivity index (χ3v) is 11.5. The summed E-state index contributed by atoms with van der Waals surface area (Å²) in [5.74, 6) is 0. The van der Waals surface area contributed by atoms with Crippen LogP contribution in [0.1, 0.15) is 12.8 Å². The molecule has 2 saturated heterocycles. The summed E-state index contributed by atoms with van der Waals surface area (Å²) >= 11 is 0. The lowest BCUT2D eigenvalue weighted by Crippen LogP contribution is -2.68. The van der Waals surface area contributed by atoms with Gasteiger partial charge in [-0.15, -0.1) is 0 Å². The SMILES string of the molecule is CN(CCN(C)C[C@H](O)COC1C(O)C(N)CC(N)C1OC1OC(CN)C(O)C(O)C1N)C[C@H](O)COC1C(O)C(N)CC(N)C1OC1OC(CN)C(O)C(O)C1N. The van der Waals surface area contributed by atoms with Gasteiger partial charge < -0.3 is 125 Å². The molecule has 0 amide bonds. The molecule has 24 N–H and O–H groups in total. The van der Waals surface area contributed by atoms with Crippen molar-refractivity contribution in [2.45, 2.75) is 147 Å². The minimum Gasteiger partial charge on any atom is -0.389 e. The van der Waals surface area contributed by atoms with E-state index in [-0.39, 0.29) is 52.2 Å². The summed E-state index contributed by atoms with van der Waals surface area (Å²) in [6.07, 6.45) is -18.1. The van der Waals surface area contributed by atoms with E-state index in [1.807, 2.05) is 9.80 Å². The van der Waals surface area contributed by atoms with Crippen molar-refractivity contribution in [1.82, 2.24) is 9.80 Å². The molecule has 2 heterocycles. The van der Waals surface area contributed by atoms with E-state index in [9.17, 15) is 40.9 Å². The highest BCUT2D eigenvalue weighted by molar-refractivity contribution is 5.02. The van der Waals surface area contributed by atoms with Crippen molar-refractivity contribution in [2.75, 3.05) is 66.6 Å². The number of aliphatic hydroxyl groups is 8. The summed E-state index contributed by atoms with van der Waals surface area (Å²) in [4.78, 5) is 3.69. The van der Waals surface area contributed by atoms with Gasteiger partial charge in [0.05, 0.1) is 49.7 Å². The van der Waals surface area contributed by atoms with Crippen molar-refractivity contribution in [3.8, 4) is 0 Å². The van der Waals surface area contributed by atoms with E-state index < -0.39 is 134 Å². The van der Waals surface area contributed by atoms with E-state index in [0.29, 0.717) is 13.1 Å². The summed E-state index contributed by atoms with van der Waals surface area (Å²) in [6, 6.07) is -5.25. The second-order valence-corrected chi connectivity index (χ2v) is 16.4. The van der Waals surface area contributed by atoms with E-state index in [1.165, 1.54) is 0 Å². The van der Waals surface area contributed by atoms with Crippen LogP contribution in [-0.2, 0) is 28.4 Å². The molecule has 2 aliphatic heterocycles. The van der Waals surface area contributed by atoms with Crippen molar-refractivity contribution in [2.24, 2.45) is 45.9 Å². The van der Waals surface area contributed by atoms with E-state index in [2.05, 4.69) is 0 Å². The molecule has 4 aliphatic rings. The van der Waals surface area contributed by atoms with Gasteiger partial charge in [0, 0.05) is 63.4 Å². The lowest BCUT2D eigenvalue weighted by atomic mass is 9.84. The fraction of sp³-hybridized carbons (Fsp3) is 1.00. The molecule has 4 fully saturated rings. The lowest BCUT2D eigenvalue weighted by Gasteiger charge is -2.47. The van der Waals surface area contributed by atoms with Crippen molar-refractivity contribution in [3.63, 3.8) is 0 Å². The van der Waals surface area contributed by atoms with Gasteiger partial charge in [-0.3, -0.25) is 0 Å². The Hall–Kier alpha value is -0.960. The number of likely N-dealkylation sites (N-methyl/N-ethyl adjacent to an activating group) is 2. The smallest absolute Gasteiger partial charge is 0.176 e. The fourth-order valence-electron chi connectivity index (χ4n) is 7.93. The Balaban J connectivity index is 1.23. The maximum atomic E-state index is 10.9. The zero-order valence-electron chi connectivity index (χ0n) is 33.3. The first-order chi connectivity index (χ1) is 27.3. The first kappa shape index (κ1) is 49.7. The van der Waals surface area contributed by atoms with Crippen LogP contribution in [0.4, 0.5) is 0 Å². The molecule has 2 saturated carbocycles. The highest BCUT2D eigenvalue weighted by atomic mass is 16.7. The molecule has 58 heavy (non-hydrogen) atoms. The average molecular weight is 845 g/mol. The Morgan fingerprint density at radius 3 is 1.21 bits per heavy atom. The van der Waals surface area contributed by atoms with Crippen LogP contribution >= 0.6 is 0 Å². The van der Waals surface area contributed by atoms with Gasteiger partial charge in [-0.05, 0) is 26.9 Å². The zero-order valence-corrected chi connectivity index (χ0v) is 33.3. The van der Waals surface area contributed by atoms with E-state index in [0.717, 1.165) is 0 Å². The normalized spacial score (nSPS) is 45.1. The Bertz CT molecular complexity index is 1130. The number of hydrogen-bond acceptors (Lipinski definition) is 24. The second kappa shape index (κ2) is 22.4. The van der Waals surface area contributed by atoms with Crippen molar-refractivity contribution >= 4 is 0 Å². The van der Waals surface area contributed by atoms with Crippen LogP contribution in [0.15, 0.2) is 0 Å². The van der Waals surface area contributed by atoms with Gasteiger partial charge in [-0.1, -0.05) is 0 Å². The first-order valence-corrected chi connectivity index (χ1v) is 19.9. The highest BCUT2D eigenvalue weighted by Gasteiger charge is 2.50. The molecule has 0 bridgehead atoms. The summed E-state index contributed by atoms with van der Waals surface area (Å²) < 4.78 is 35.4. The van der Waals surface area contributed by atoms with Gasteiger partial charge in [0.1, 0.15) is 61.0 Å². The molecule has 4 rings (SSSR count). The number of rotatable bonds is 19. The number of ether oxygens (including phenoxy) is 6. The zero-order chi connectivity index (χ0) is 43.2. The van der Waals surface area contributed by atoms with Crippen molar-refractivity contribution in [3.05, 3.63) is 0 Å². The van der Waals surface area contributed by atoms with Crippen molar-refractivity contribution < 1.29 is 69.3 Å². The number of nitrogens with zero attached hydrogens (tertiary/aromatic N) is 2. The molecular formula is C34H72N10O14. The summed E-state index contributed by atoms with van der Waals surface area (Å²) in [5, 5.41) is 84.9. The van der Waals surface area contributed by atoms with Gasteiger partial charge in [0.2, 0.25) is 0 Å². The topological polar surface area (TPSA) is 432 Å². The third kappa shape index (κ3) is 12.4. The predicted molar refractivity (Wildman–Crippen MR) is 205 cm³/mol. The average Bonchev–Trinajstić information content (AvgIpc) is 3.17. The minimum atomic E-state index is -1.39. The molecule has 0 spiro atoms. The fourth-order valence-corrected chi connectivity index (χ4v) is 7.93.